The van der Waals surface area contributed by atoms with E-state index in [0.29, 0.717) is 24.2 Å². The molecule has 0 radical (unpaired) electrons. The first-order valence-corrected chi connectivity index (χ1v) is 17.4. The second-order valence-electron chi connectivity index (χ2n) is 13.2. The predicted molar refractivity (Wildman–Crippen MR) is 202 cm³/mol. The lowest BCUT2D eigenvalue weighted by atomic mass is 9.66. The van der Waals surface area contributed by atoms with Crippen LogP contribution in [0.25, 0.3) is 0 Å². The van der Waals surface area contributed by atoms with Gasteiger partial charge in [0.1, 0.15) is 5.78 Å². The molecule has 0 amide bonds. The lowest BCUT2D eigenvalue weighted by molar-refractivity contribution is -0.116. The lowest BCUT2D eigenvalue weighted by Crippen LogP contribution is -2.36. The number of ketones is 1. The van der Waals surface area contributed by atoms with Gasteiger partial charge in [-0.2, -0.15) is 0 Å². The van der Waals surface area contributed by atoms with Crippen LogP contribution in [0.1, 0.15) is 124 Å². The van der Waals surface area contributed by atoms with Gasteiger partial charge in [0.2, 0.25) is 0 Å². The summed E-state index contributed by atoms with van der Waals surface area (Å²) in [7, 11) is 0. The highest BCUT2D eigenvalue weighted by Gasteiger charge is 2.32. The fourth-order valence-electron chi connectivity index (χ4n) is 6.31. The van der Waals surface area contributed by atoms with Gasteiger partial charge in [-0.1, -0.05) is 151 Å². The molecular weight excluding hydrogens is 562 g/mol. The number of nitrogens with two attached hydrogens (primary N) is 1. The lowest BCUT2D eigenvalue weighted by Gasteiger charge is -2.39. The Balaban J connectivity index is 0.00000104. The second-order valence-corrected chi connectivity index (χ2v) is 13.2. The number of hydrogen-bond acceptors (Lipinski definition) is 3. The summed E-state index contributed by atoms with van der Waals surface area (Å²) in [6.07, 6.45) is 11.8. The maximum atomic E-state index is 11.2. The van der Waals surface area contributed by atoms with Crippen molar-refractivity contribution in [1.82, 2.24) is 0 Å². The van der Waals surface area contributed by atoms with Gasteiger partial charge in [-0.15, -0.1) is 0 Å². The fourth-order valence-corrected chi connectivity index (χ4v) is 6.31. The van der Waals surface area contributed by atoms with Gasteiger partial charge in [-0.25, -0.2) is 0 Å². The first kappa shape index (κ1) is 41.0. The Morgan fingerprint density at radius 3 is 1.93 bits per heavy atom. The minimum Gasteiger partial charge on any atom is -0.392 e. The third-order valence-electron chi connectivity index (χ3n) is 9.40. The number of benzene rings is 3. The molecule has 4 rings (SSSR count). The van der Waals surface area contributed by atoms with Gasteiger partial charge in [0.25, 0.3) is 0 Å². The van der Waals surface area contributed by atoms with Crippen LogP contribution in [0, 0.1) is 11.3 Å². The molecule has 3 unspecified atom stereocenters. The Hall–Kier alpha value is -3.01. The average Bonchev–Trinajstić information content (AvgIpc) is 3.05. The van der Waals surface area contributed by atoms with Gasteiger partial charge in [0.05, 0.1) is 6.10 Å². The summed E-state index contributed by atoms with van der Waals surface area (Å²) < 4.78 is 0. The summed E-state index contributed by atoms with van der Waals surface area (Å²) in [6, 6.07) is 29.2. The van der Waals surface area contributed by atoms with Crippen LogP contribution in [0.15, 0.2) is 97.1 Å². The highest BCUT2D eigenvalue weighted by Crippen LogP contribution is 2.44. The summed E-state index contributed by atoms with van der Waals surface area (Å²) in [5.74, 6) is 0.845. The normalized spacial score (nSPS) is 15.4. The van der Waals surface area contributed by atoms with Crippen molar-refractivity contribution in [3.8, 4) is 0 Å². The van der Waals surface area contributed by atoms with E-state index in [1.165, 1.54) is 54.4 Å². The van der Waals surface area contributed by atoms with E-state index in [0.717, 1.165) is 37.7 Å². The Morgan fingerprint density at radius 2 is 1.39 bits per heavy atom. The Labute approximate surface area is 284 Å². The van der Waals surface area contributed by atoms with Crippen molar-refractivity contribution in [2.75, 3.05) is 0 Å². The van der Waals surface area contributed by atoms with Crippen molar-refractivity contribution in [3.63, 3.8) is 0 Å². The van der Waals surface area contributed by atoms with Crippen molar-refractivity contribution in [3.05, 3.63) is 119 Å². The van der Waals surface area contributed by atoms with Gasteiger partial charge in [0, 0.05) is 13.9 Å². The summed E-state index contributed by atoms with van der Waals surface area (Å²) in [5, 5.41) is 10.6. The molecule has 1 fully saturated rings. The molecule has 3 nitrogen and oxygen atoms in total. The molecule has 3 aromatic rings. The van der Waals surface area contributed by atoms with E-state index in [1.54, 1.807) is 6.92 Å². The summed E-state index contributed by atoms with van der Waals surface area (Å²) in [4.78, 5) is 11.2. The standard InChI is InChI=1S/C27H43NO2.C13H12.C2H6.CH4.H2/c1-20(17-24-10-8-9-23(19-24)13-12-22(3)29)18-25(28)26(30)14-11-21(2)27(4)15-6-5-7-16-27;1-3-7-12(8-4-1)11-13-9-5-2-6-10-13;1-2;;/h8-10,19,21,25-26,30H,1,5-7,11-18,28H2,2-4H3;1-10H,11H2;1-2H3;1H4;1H. The zero-order valence-electron chi connectivity index (χ0n) is 28.9. The monoisotopic (exact) mass is 630 g/mol. The molecule has 0 spiro atoms. The number of Topliss-reactive ketones (excluding diaryl/α,β-unsaturated/α-hetero) is 1. The average molecular weight is 630 g/mol. The molecule has 3 heteroatoms. The van der Waals surface area contributed by atoms with E-state index in [4.69, 9.17) is 5.73 Å². The molecule has 3 aromatic carbocycles. The third-order valence-corrected chi connectivity index (χ3v) is 9.40. The van der Waals surface area contributed by atoms with Crippen LogP contribution in [0.4, 0.5) is 0 Å². The molecule has 0 aliphatic heterocycles. The first-order chi connectivity index (χ1) is 21.6. The minimum atomic E-state index is -0.474. The predicted octanol–water partition coefficient (Wildman–Crippen LogP) is 11.0. The number of carbonyl (C=O) groups excluding carboxylic acids is 1. The molecule has 1 saturated carbocycles. The number of aryl methyl sites for hydroxylation is 1. The second kappa shape index (κ2) is 22.5. The first-order valence-electron chi connectivity index (χ1n) is 17.4. The molecule has 0 heterocycles. The maximum absolute atomic E-state index is 11.2. The molecule has 3 N–H and O–H groups in total. The van der Waals surface area contributed by atoms with Crippen molar-refractivity contribution in [2.24, 2.45) is 17.1 Å². The van der Waals surface area contributed by atoms with Crippen LogP contribution in [-0.2, 0) is 24.1 Å². The molecule has 46 heavy (non-hydrogen) atoms. The molecular formula is C43H67NO2. The fraction of sp³-hybridized carbons (Fsp3) is 0.512. The van der Waals surface area contributed by atoms with Gasteiger partial charge in [0.15, 0.2) is 0 Å². The molecule has 1 aliphatic rings. The number of aliphatic hydroxyl groups is 1. The highest BCUT2D eigenvalue weighted by molar-refractivity contribution is 5.75. The van der Waals surface area contributed by atoms with Crippen molar-refractivity contribution < 1.29 is 11.3 Å². The Morgan fingerprint density at radius 1 is 0.870 bits per heavy atom. The summed E-state index contributed by atoms with van der Waals surface area (Å²) in [5.41, 5.74) is 12.9. The minimum absolute atomic E-state index is 0. The van der Waals surface area contributed by atoms with Gasteiger partial charge in [-0.05, 0) is 91.9 Å². The van der Waals surface area contributed by atoms with E-state index in [-0.39, 0.29) is 20.7 Å². The highest BCUT2D eigenvalue weighted by atomic mass is 16.3. The molecule has 3 atom stereocenters. The van der Waals surface area contributed by atoms with Crippen LogP contribution in [0.3, 0.4) is 0 Å². The van der Waals surface area contributed by atoms with E-state index in [2.05, 4.69) is 99.3 Å². The third kappa shape index (κ3) is 15.5. The van der Waals surface area contributed by atoms with Crippen LogP contribution in [0.5, 0.6) is 0 Å². The van der Waals surface area contributed by atoms with Crippen molar-refractivity contribution >= 4 is 5.78 Å². The van der Waals surface area contributed by atoms with Crippen molar-refractivity contribution in [2.45, 2.75) is 131 Å². The number of aliphatic hydroxyl groups excluding tert-OH is 1. The van der Waals surface area contributed by atoms with Crippen LogP contribution < -0.4 is 5.73 Å². The zero-order valence-corrected chi connectivity index (χ0v) is 28.9. The largest absolute Gasteiger partial charge is 0.392 e. The summed E-state index contributed by atoms with van der Waals surface area (Å²) in [6.45, 7) is 14.6. The summed E-state index contributed by atoms with van der Waals surface area (Å²) >= 11 is 0. The van der Waals surface area contributed by atoms with Crippen molar-refractivity contribution in [1.29, 1.82) is 0 Å². The molecule has 0 aromatic heterocycles. The quantitative estimate of drug-likeness (QED) is 0.174. The molecule has 256 valence electrons. The molecule has 1 aliphatic carbocycles. The zero-order chi connectivity index (χ0) is 33.1. The maximum Gasteiger partial charge on any atom is 0.130 e. The topological polar surface area (TPSA) is 63.3 Å². The van der Waals surface area contributed by atoms with Gasteiger partial charge >= 0.3 is 0 Å². The van der Waals surface area contributed by atoms with E-state index in [9.17, 15) is 9.90 Å². The van der Waals surface area contributed by atoms with Crippen LogP contribution in [-0.4, -0.2) is 23.0 Å². The van der Waals surface area contributed by atoms with E-state index < -0.39 is 6.10 Å². The van der Waals surface area contributed by atoms with E-state index >= 15 is 0 Å². The van der Waals surface area contributed by atoms with E-state index in [1.807, 2.05) is 19.9 Å². The van der Waals surface area contributed by atoms with Gasteiger partial charge < -0.3 is 15.6 Å². The Bertz CT molecular complexity index is 1200. The SMILES string of the molecule is C.C=C(Cc1cccc(CCC(C)=O)c1)CC(N)C(O)CCC(C)C1(C)CCCCC1.CC.[HH].c1ccc(Cc2ccccc2)cc1. The number of carbonyl (C=O) groups is 1. The Kier molecular flexibility index (Phi) is 20.1. The van der Waals surface area contributed by atoms with Gasteiger partial charge in [-0.3, -0.25) is 0 Å². The number of rotatable bonds is 14. The molecule has 0 bridgehead atoms. The smallest absolute Gasteiger partial charge is 0.130 e. The number of hydrogen-bond donors (Lipinski definition) is 2. The van der Waals surface area contributed by atoms with Crippen LogP contribution in [0.2, 0.25) is 0 Å². The van der Waals surface area contributed by atoms with Crippen LogP contribution >= 0.6 is 0 Å². The molecule has 0 saturated heterocycles.